The second-order valence-corrected chi connectivity index (χ2v) is 17.3. The summed E-state index contributed by atoms with van der Waals surface area (Å²) in [6, 6.07) is 23.5. The summed E-state index contributed by atoms with van der Waals surface area (Å²) in [6.45, 7) is 0. The molecular formula is C20H21GeN. The normalized spacial score (nSPS) is 11.4. The van der Waals surface area contributed by atoms with E-state index in [0.29, 0.717) is 0 Å². The monoisotopic (exact) mass is 349 g/mol. The number of rotatable bonds is 3. The molecule has 22 heavy (non-hydrogen) atoms. The van der Waals surface area contributed by atoms with E-state index in [1.807, 2.05) is 6.07 Å². The molecule has 0 aliphatic carbocycles. The average Bonchev–Trinajstić information content (AvgIpc) is 2.55. The Bertz CT molecular complexity index is 756. The van der Waals surface area contributed by atoms with Crippen LogP contribution in [0.3, 0.4) is 0 Å². The van der Waals surface area contributed by atoms with Crippen LogP contribution in [0.4, 0.5) is 0 Å². The fraction of sp³-hybridized carbons (Fsp3) is 0.150. The van der Waals surface area contributed by atoms with Gasteiger partial charge in [0.15, 0.2) is 0 Å². The van der Waals surface area contributed by atoms with Crippen LogP contribution in [-0.2, 0) is 0 Å². The summed E-state index contributed by atoms with van der Waals surface area (Å²) in [5, 5.41) is 0. The number of nitrogens with zero attached hydrogens (tertiary/aromatic N) is 1. The van der Waals surface area contributed by atoms with Crippen molar-refractivity contribution >= 4 is 17.7 Å². The van der Waals surface area contributed by atoms with Crippen molar-refractivity contribution in [2.75, 3.05) is 0 Å². The molecule has 0 saturated carbocycles. The van der Waals surface area contributed by atoms with E-state index in [1.165, 1.54) is 21.1 Å². The second kappa shape index (κ2) is 6.09. The van der Waals surface area contributed by atoms with Crippen molar-refractivity contribution in [2.45, 2.75) is 17.3 Å². The minimum absolute atomic E-state index is 1.05. The van der Waals surface area contributed by atoms with Gasteiger partial charge in [0.25, 0.3) is 0 Å². The molecule has 0 unspecified atom stereocenters. The van der Waals surface area contributed by atoms with Crippen LogP contribution in [0, 0.1) is 0 Å². The van der Waals surface area contributed by atoms with E-state index in [1.54, 1.807) is 0 Å². The van der Waals surface area contributed by atoms with E-state index in [-0.39, 0.29) is 0 Å². The summed E-state index contributed by atoms with van der Waals surface area (Å²) in [4.78, 5) is 4.70. The van der Waals surface area contributed by atoms with Gasteiger partial charge in [-0.3, -0.25) is 0 Å². The van der Waals surface area contributed by atoms with Crippen LogP contribution in [-0.4, -0.2) is 18.3 Å². The van der Waals surface area contributed by atoms with Gasteiger partial charge in [0, 0.05) is 0 Å². The SMILES string of the molecule is [CH3][Ge]([CH3])([CH3])[c]1ccc(-c2cccc(-c3ccccc3)c2)nc1. The Morgan fingerprint density at radius 3 is 2.00 bits per heavy atom. The first-order chi connectivity index (χ1) is 10.5. The maximum absolute atomic E-state index is 4.70. The molecule has 2 heteroatoms. The molecule has 0 bridgehead atoms. The predicted octanol–water partition coefficient (Wildman–Crippen LogP) is 4.96. The molecule has 0 atom stereocenters. The Morgan fingerprint density at radius 1 is 0.682 bits per heavy atom. The van der Waals surface area contributed by atoms with Crippen molar-refractivity contribution in [3.63, 3.8) is 0 Å². The van der Waals surface area contributed by atoms with Crippen molar-refractivity contribution in [1.29, 1.82) is 0 Å². The van der Waals surface area contributed by atoms with Crippen LogP contribution in [0.2, 0.25) is 17.3 Å². The van der Waals surface area contributed by atoms with Crippen LogP contribution < -0.4 is 4.40 Å². The quantitative estimate of drug-likeness (QED) is 0.610. The first-order valence-corrected chi connectivity index (χ1v) is 15.0. The van der Waals surface area contributed by atoms with Crippen molar-refractivity contribution in [2.24, 2.45) is 0 Å². The van der Waals surface area contributed by atoms with Gasteiger partial charge >= 0.3 is 135 Å². The predicted molar refractivity (Wildman–Crippen MR) is 98.1 cm³/mol. The summed E-state index contributed by atoms with van der Waals surface area (Å²) in [6.07, 6.45) is 2.07. The Labute approximate surface area is 135 Å². The Kier molecular flexibility index (Phi) is 4.17. The Hall–Kier alpha value is -1.87. The summed E-state index contributed by atoms with van der Waals surface area (Å²) in [7, 11) is 0. The summed E-state index contributed by atoms with van der Waals surface area (Å²) in [5.41, 5.74) is 4.70. The zero-order valence-electron chi connectivity index (χ0n) is 13.4. The Balaban J connectivity index is 1.96. The molecule has 0 spiro atoms. The molecular weight excluding hydrogens is 327 g/mol. The van der Waals surface area contributed by atoms with E-state index in [2.05, 4.69) is 84.1 Å². The van der Waals surface area contributed by atoms with Crippen LogP contribution >= 0.6 is 0 Å². The molecule has 110 valence electrons. The van der Waals surface area contributed by atoms with Gasteiger partial charge in [-0.25, -0.2) is 0 Å². The third kappa shape index (κ3) is 3.30. The molecule has 1 aromatic heterocycles. The third-order valence-corrected chi connectivity index (χ3v) is 8.15. The molecule has 0 saturated heterocycles. The van der Waals surface area contributed by atoms with Crippen molar-refractivity contribution in [1.82, 2.24) is 4.98 Å². The standard InChI is InChI=1S/C20H21GeN/c1-21(2,3)19-12-13-20(22-15-19)18-11-7-10-17(14-18)16-8-5-4-6-9-16/h4-15H,1-3H3. The summed E-state index contributed by atoms with van der Waals surface area (Å²) in [5.74, 6) is 7.19. The van der Waals surface area contributed by atoms with Gasteiger partial charge in [0.05, 0.1) is 0 Å². The number of benzene rings is 2. The molecule has 0 N–H and O–H groups in total. The van der Waals surface area contributed by atoms with E-state index in [9.17, 15) is 0 Å². The van der Waals surface area contributed by atoms with Crippen molar-refractivity contribution in [3.8, 4) is 22.4 Å². The fourth-order valence-electron chi connectivity index (χ4n) is 2.50. The van der Waals surface area contributed by atoms with Crippen molar-refractivity contribution < 1.29 is 0 Å². The van der Waals surface area contributed by atoms with Gasteiger partial charge in [-0.15, -0.1) is 0 Å². The van der Waals surface area contributed by atoms with E-state index >= 15 is 0 Å². The van der Waals surface area contributed by atoms with Gasteiger partial charge in [0.1, 0.15) is 0 Å². The van der Waals surface area contributed by atoms with Gasteiger partial charge in [0.2, 0.25) is 0 Å². The number of aromatic nitrogens is 1. The molecule has 2 aromatic carbocycles. The molecule has 3 aromatic rings. The molecule has 0 aliphatic rings. The topological polar surface area (TPSA) is 12.9 Å². The van der Waals surface area contributed by atoms with Gasteiger partial charge in [-0.05, 0) is 0 Å². The van der Waals surface area contributed by atoms with Gasteiger partial charge in [-0.2, -0.15) is 0 Å². The zero-order chi connectivity index (χ0) is 15.6. The number of pyridine rings is 1. The molecule has 0 radical (unpaired) electrons. The van der Waals surface area contributed by atoms with Gasteiger partial charge < -0.3 is 0 Å². The number of hydrogen-bond donors (Lipinski definition) is 0. The van der Waals surface area contributed by atoms with E-state index in [0.717, 1.165) is 5.69 Å². The van der Waals surface area contributed by atoms with Gasteiger partial charge in [-0.1, -0.05) is 0 Å². The first-order valence-electron chi connectivity index (χ1n) is 7.66. The molecule has 1 heterocycles. The van der Waals surface area contributed by atoms with Crippen LogP contribution in [0.15, 0.2) is 72.9 Å². The first kappa shape index (κ1) is 15.0. The average molecular weight is 348 g/mol. The minimum atomic E-state index is -1.78. The Morgan fingerprint density at radius 2 is 1.36 bits per heavy atom. The van der Waals surface area contributed by atoms with Crippen LogP contribution in [0.1, 0.15) is 0 Å². The van der Waals surface area contributed by atoms with Crippen molar-refractivity contribution in [3.05, 3.63) is 72.9 Å². The number of hydrogen-bond acceptors (Lipinski definition) is 1. The molecule has 1 nitrogen and oxygen atoms in total. The molecule has 0 aliphatic heterocycles. The van der Waals surface area contributed by atoms with Crippen LogP contribution in [0.5, 0.6) is 0 Å². The molecule has 0 amide bonds. The molecule has 0 fully saturated rings. The third-order valence-electron chi connectivity index (χ3n) is 3.89. The summed E-state index contributed by atoms with van der Waals surface area (Å²) < 4.78 is 1.45. The maximum atomic E-state index is 4.70. The second-order valence-electron chi connectivity index (χ2n) is 6.63. The van der Waals surface area contributed by atoms with E-state index < -0.39 is 13.3 Å². The zero-order valence-corrected chi connectivity index (χ0v) is 15.5. The van der Waals surface area contributed by atoms with Crippen LogP contribution in [0.25, 0.3) is 22.4 Å². The fourth-order valence-corrected chi connectivity index (χ4v) is 4.67. The van der Waals surface area contributed by atoms with E-state index in [4.69, 9.17) is 4.98 Å². The molecule has 3 rings (SSSR count). The summed E-state index contributed by atoms with van der Waals surface area (Å²) >= 11 is -1.78.